The summed E-state index contributed by atoms with van der Waals surface area (Å²) in [6.07, 6.45) is 8.10. The predicted molar refractivity (Wildman–Crippen MR) is 104 cm³/mol. The van der Waals surface area contributed by atoms with Gasteiger partial charge in [0.25, 0.3) is 0 Å². The van der Waals surface area contributed by atoms with Crippen LogP contribution in [0.4, 0.5) is 0 Å². The number of allylic oxidation sites excluding steroid dienone is 1. The van der Waals surface area contributed by atoms with Crippen molar-refractivity contribution in [3.8, 4) is 11.1 Å². The maximum absolute atomic E-state index is 6.11. The largest absolute Gasteiger partial charge is 0.462 e. The van der Waals surface area contributed by atoms with Crippen molar-refractivity contribution in [3.05, 3.63) is 87.7 Å². The number of hydrogen-bond acceptors (Lipinski definition) is 1. The van der Waals surface area contributed by atoms with Crippen LogP contribution in [-0.2, 0) is 39.0 Å². The van der Waals surface area contributed by atoms with Gasteiger partial charge in [0.2, 0.25) is 0 Å². The van der Waals surface area contributed by atoms with Gasteiger partial charge in [0.15, 0.2) is 0 Å². The van der Waals surface area contributed by atoms with Gasteiger partial charge in [-0.05, 0) is 89.9 Å². The summed E-state index contributed by atoms with van der Waals surface area (Å²) in [7, 11) is 0. The molecular weight excluding hydrogens is 419 g/mol. The zero-order valence-electron chi connectivity index (χ0n) is 14.6. The van der Waals surface area contributed by atoms with Gasteiger partial charge in [0, 0.05) is 43.2 Å². The first kappa shape index (κ1) is 18.0. The molecule has 1 nitrogen and oxygen atoms in total. The van der Waals surface area contributed by atoms with E-state index in [9.17, 15) is 0 Å². The first-order valence-electron chi connectivity index (χ1n) is 8.77. The normalized spacial score (nSPS) is 14.6. The fourth-order valence-electron chi connectivity index (χ4n) is 4.10. The van der Waals surface area contributed by atoms with Gasteiger partial charge >= 0.3 is 0 Å². The zero-order valence-corrected chi connectivity index (χ0v) is 17.8. The fraction of sp³-hybridized carbons (Fsp3) is 0.174. The molecule has 1 heterocycles. The van der Waals surface area contributed by atoms with Crippen LogP contribution in [0, 0.1) is 13.3 Å². The zero-order chi connectivity index (χ0) is 17.0. The van der Waals surface area contributed by atoms with Crippen LogP contribution in [0.2, 0.25) is 5.02 Å². The van der Waals surface area contributed by atoms with Crippen LogP contribution in [0.5, 0.6) is 0 Å². The Bertz CT molecular complexity index is 1010. The van der Waals surface area contributed by atoms with Crippen molar-refractivity contribution in [1.82, 2.24) is 0 Å². The van der Waals surface area contributed by atoms with Crippen LogP contribution < -0.4 is 0 Å². The molecule has 0 spiro atoms. The summed E-state index contributed by atoms with van der Waals surface area (Å²) < 4.78 is 5.84. The summed E-state index contributed by atoms with van der Waals surface area (Å²) in [5.41, 5.74) is 9.38. The van der Waals surface area contributed by atoms with Gasteiger partial charge in [-0.3, -0.25) is 0 Å². The van der Waals surface area contributed by atoms with Crippen molar-refractivity contribution in [1.29, 1.82) is 0 Å². The van der Waals surface area contributed by atoms with Crippen molar-refractivity contribution < 1.29 is 30.6 Å². The van der Waals surface area contributed by atoms with Gasteiger partial charge in [-0.15, -0.1) is 0 Å². The van der Waals surface area contributed by atoms with Gasteiger partial charge in [0.1, 0.15) is 11.5 Å². The molecule has 2 aliphatic carbocycles. The molecule has 1 radical (unpaired) electrons. The van der Waals surface area contributed by atoms with Crippen molar-refractivity contribution >= 4 is 23.3 Å². The first-order chi connectivity index (χ1) is 12.2. The molecule has 0 N–H and O–H groups in total. The number of rotatable bonds is 2. The van der Waals surface area contributed by atoms with E-state index in [1.54, 1.807) is 0 Å². The van der Waals surface area contributed by atoms with E-state index in [0.717, 1.165) is 28.5 Å². The standard InChI is InChI=1S/C23H18ClO.Zr/c1-14-5-10-22(25-14)18-12-17-11-16-3-2-4-20(16)23(21(17)13-18)15-6-8-19(24)9-7-15;/h5-13H,2-4H2,1H3;. The van der Waals surface area contributed by atoms with E-state index >= 15 is 0 Å². The van der Waals surface area contributed by atoms with Crippen LogP contribution in [0.25, 0.3) is 22.8 Å². The molecule has 2 aromatic carbocycles. The quantitative estimate of drug-likeness (QED) is 0.446. The van der Waals surface area contributed by atoms with E-state index in [-0.39, 0.29) is 26.2 Å². The maximum Gasteiger partial charge on any atom is 0.130 e. The number of hydrogen-bond donors (Lipinski definition) is 0. The molecule has 0 atom stereocenters. The van der Waals surface area contributed by atoms with Gasteiger partial charge in [0.05, 0.1) is 0 Å². The molecule has 0 saturated heterocycles. The van der Waals surface area contributed by atoms with Crippen molar-refractivity contribution in [2.24, 2.45) is 0 Å². The summed E-state index contributed by atoms with van der Waals surface area (Å²) in [4.78, 5) is 0. The van der Waals surface area contributed by atoms with Crippen LogP contribution in [-0.4, -0.2) is 0 Å². The number of fused-ring (bicyclic) bond motifs is 2. The van der Waals surface area contributed by atoms with Gasteiger partial charge in [-0.1, -0.05) is 29.8 Å². The Hall–Kier alpha value is -1.37. The minimum Gasteiger partial charge on any atom is -0.462 e. The Morgan fingerprint density at radius 2 is 1.81 bits per heavy atom. The SMILES string of the molecule is Cc1ccc(C2=Cc3c(cc4c(c3-c3ccc(Cl)cc3)CCC4)[CH]2)o1.[Zr]. The Morgan fingerprint density at radius 3 is 2.54 bits per heavy atom. The summed E-state index contributed by atoms with van der Waals surface area (Å²) in [5.74, 6) is 1.89. The summed E-state index contributed by atoms with van der Waals surface area (Å²) in [5, 5.41) is 0.779. The summed E-state index contributed by atoms with van der Waals surface area (Å²) in [6, 6.07) is 14.7. The molecular formula is C23H18ClOZr. The molecule has 1 aromatic heterocycles. The van der Waals surface area contributed by atoms with Crippen LogP contribution >= 0.6 is 11.6 Å². The van der Waals surface area contributed by atoms with Crippen molar-refractivity contribution in [2.45, 2.75) is 26.2 Å². The number of benzene rings is 2. The smallest absolute Gasteiger partial charge is 0.130 e. The average Bonchev–Trinajstić information content (AvgIpc) is 3.32. The monoisotopic (exact) mass is 435 g/mol. The Balaban J connectivity index is 0.00000168. The van der Waals surface area contributed by atoms with Crippen LogP contribution in [0.15, 0.2) is 46.9 Å². The maximum atomic E-state index is 6.11. The van der Waals surface area contributed by atoms with E-state index in [0.29, 0.717) is 0 Å². The molecule has 0 amide bonds. The van der Waals surface area contributed by atoms with Gasteiger partial charge in [-0.2, -0.15) is 0 Å². The van der Waals surface area contributed by atoms with E-state index in [4.69, 9.17) is 16.0 Å². The second kappa shape index (κ2) is 6.98. The molecule has 5 rings (SSSR count). The second-order valence-corrected chi connectivity index (χ2v) is 7.34. The summed E-state index contributed by atoms with van der Waals surface area (Å²) in [6.45, 7) is 1.99. The molecule has 2 aliphatic rings. The molecule has 0 saturated carbocycles. The average molecular weight is 437 g/mol. The number of furan rings is 1. The number of aryl methyl sites for hydroxylation is 2. The second-order valence-electron chi connectivity index (χ2n) is 6.91. The molecule has 3 heteroatoms. The minimum absolute atomic E-state index is 0. The third kappa shape index (κ3) is 2.98. The minimum atomic E-state index is 0. The van der Waals surface area contributed by atoms with E-state index in [1.807, 2.05) is 25.1 Å². The summed E-state index contributed by atoms with van der Waals surface area (Å²) >= 11 is 6.11. The van der Waals surface area contributed by atoms with Gasteiger partial charge < -0.3 is 4.42 Å². The molecule has 0 bridgehead atoms. The van der Waals surface area contributed by atoms with Crippen LogP contribution in [0.1, 0.15) is 40.2 Å². The Kier molecular flexibility index (Phi) is 4.84. The third-order valence-corrected chi connectivity index (χ3v) is 5.49. The molecule has 127 valence electrons. The molecule has 0 fully saturated rings. The molecule has 3 aromatic rings. The Morgan fingerprint density at radius 1 is 1.00 bits per heavy atom. The topological polar surface area (TPSA) is 13.1 Å². The van der Waals surface area contributed by atoms with Crippen molar-refractivity contribution in [3.63, 3.8) is 0 Å². The van der Waals surface area contributed by atoms with Crippen LogP contribution in [0.3, 0.4) is 0 Å². The molecule has 26 heavy (non-hydrogen) atoms. The number of halogens is 1. The third-order valence-electron chi connectivity index (χ3n) is 5.24. The first-order valence-corrected chi connectivity index (χ1v) is 9.15. The van der Waals surface area contributed by atoms with Crippen molar-refractivity contribution in [2.75, 3.05) is 0 Å². The fourth-order valence-corrected chi connectivity index (χ4v) is 4.23. The molecule has 0 unspecified atom stereocenters. The molecule has 0 aliphatic heterocycles. The van der Waals surface area contributed by atoms with E-state index < -0.39 is 0 Å². The predicted octanol–water partition coefficient (Wildman–Crippen LogP) is 6.50. The van der Waals surface area contributed by atoms with Gasteiger partial charge in [-0.25, -0.2) is 0 Å². The Labute approximate surface area is 178 Å². The van der Waals surface area contributed by atoms with E-state index in [2.05, 4.69) is 36.8 Å². The van der Waals surface area contributed by atoms with E-state index in [1.165, 1.54) is 46.2 Å².